The van der Waals surface area contributed by atoms with E-state index in [1.54, 1.807) is 0 Å². The fourth-order valence-electron chi connectivity index (χ4n) is 4.25. The normalized spacial score (nSPS) is 18.2. The van der Waals surface area contributed by atoms with E-state index in [0.717, 1.165) is 21.4 Å². The van der Waals surface area contributed by atoms with Crippen molar-refractivity contribution in [2.45, 2.75) is 25.8 Å². The number of anilines is 1. The van der Waals surface area contributed by atoms with Crippen molar-refractivity contribution >= 4 is 46.1 Å². The number of piperidine rings is 1. The number of benzene rings is 2. The first-order valence-corrected chi connectivity index (χ1v) is 10.1. The van der Waals surface area contributed by atoms with Gasteiger partial charge in [-0.1, -0.05) is 18.2 Å². The summed E-state index contributed by atoms with van der Waals surface area (Å²) >= 11 is 0. The number of fused-ring (bicyclic) bond motifs is 2. The Bertz CT molecular complexity index is 1360. The number of carbonyl (C=O) groups excluding carboxylic acids is 5. The second-order valence-electron chi connectivity index (χ2n) is 7.83. The lowest BCUT2D eigenvalue weighted by atomic mass is 10.0. The van der Waals surface area contributed by atoms with Crippen LogP contribution in [0.2, 0.25) is 0 Å². The number of hydrogen-bond acceptors (Lipinski definition) is 5. The molecule has 2 aliphatic heterocycles. The third-order valence-electron chi connectivity index (χ3n) is 5.89. The van der Waals surface area contributed by atoms with Crippen LogP contribution >= 0.6 is 0 Å². The summed E-state index contributed by atoms with van der Waals surface area (Å²) in [6, 6.07) is 10.9. The Balaban J connectivity index is 1.41. The average molecular weight is 430 g/mol. The highest BCUT2D eigenvalue weighted by Gasteiger charge is 2.44. The van der Waals surface area contributed by atoms with Crippen LogP contribution < -0.4 is 10.6 Å². The molecule has 3 N–H and O–H groups in total. The fourth-order valence-corrected chi connectivity index (χ4v) is 4.25. The molecule has 1 unspecified atom stereocenters. The summed E-state index contributed by atoms with van der Waals surface area (Å²) in [4.78, 5) is 66.1. The molecular formula is C23H18N4O5. The van der Waals surface area contributed by atoms with Crippen molar-refractivity contribution in [2.24, 2.45) is 0 Å². The zero-order valence-electron chi connectivity index (χ0n) is 17.0. The number of aryl methyl sites for hydroxylation is 1. The summed E-state index contributed by atoms with van der Waals surface area (Å²) in [5, 5.41) is 5.86. The van der Waals surface area contributed by atoms with E-state index >= 15 is 0 Å². The predicted molar refractivity (Wildman–Crippen MR) is 114 cm³/mol. The van der Waals surface area contributed by atoms with Crippen LogP contribution in [-0.2, 0) is 9.59 Å². The van der Waals surface area contributed by atoms with E-state index in [1.165, 1.54) is 18.2 Å². The molecule has 3 aromatic rings. The Labute approximate surface area is 181 Å². The van der Waals surface area contributed by atoms with Crippen LogP contribution in [0.3, 0.4) is 0 Å². The van der Waals surface area contributed by atoms with E-state index in [-0.39, 0.29) is 29.9 Å². The van der Waals surface area contributed by atoms with Crippen molar-refractivity contribution in [2.75, 3.05) is 5.32 Å². The summed E-state index contributed by atoms with van der Waals surface area (Å²) in [6.45, 7) is 1.84. The Kier molecular flexibility index (Phi) is 4.40. The number of carbonyl (C=O) groups is 5. The number of rotatable bonds is 3. The second kappa shape index (κ2) is 7.16. The largest absolute Gasteiger partial charge is 0.350 e. The summed E-state index contributed by atoms with van der Waals surface area (Å²) in [5.41, 5.74) is 2.64. The molecule has 1 atom stereocenters. The Morgan fingerprint density at radius 2 is 1.78 bits per heavy atom. The minimum atomic E-state index is -1.04. The molecule has 0 bridgehead atoms. The Morgan fingerprint density at radius 3 is 2.53 bits per heavy atom. The molecule has 5 amide bonds. The number of H-pyrrole nitrogens is 1. The number of imide groups is 2. The summed E-state index contributed by atoms with van der Waals surface area (Å²) in [7, 11) is 0. The van der Waals surface area contributed by atoms with Crippen LogP contribution in [0.25, 0.3) is 10.9 Å². The van der Waals surface area contributed by atoms with Crippen LogP contribution in [0, 0.1) is 6.92 Å². The van der Waals surface area contributed by atoms with E-state index in [0.29, 0.717) is 11.4 Å². The van der Waals surface area contributed by atoms with Gasteiger partial charge in [0.1, 0.15) is 11.7 Å². The molecular weight excluding hydrogens is 412 g/mol. The molecule has 1 saturated heterocycles. The molecule has 0 aliphatic carbocycles. The van der Waals surface area contributed by atoms with Gasteiger partial charge in [0.05, 0.1) is 11.1 Å². The molecule has 9 nitrogen and oxygen atoms in total. The molecule has 32 heavy (non-hydrogen) atoms. The molecule has 2 aliphatic rings. The van der Waals surface area contributed by atoms with Gasteiger partial charge in [-0.05, 0) is 43.2 Å². The predicted octanol–water partition coefficient (Wildman–Crippen LogP) is 2.13. The summed E-state index contributed by atoms with van der Waals surface area (Å²) in [6.07, 6.45) is 0.133. The van der Waals surface area contributed by atoms with Crippen molar-refractivity contribution in [3.8, 4) is 0 Å². The average Bonchev–Trinajstić information content (AvgIpc) is 3.23. The lowest BCUT2D eigenvalue weighted by molar-refractivity contribution is -0.136. The number of amides is 5. The standard InChI is InChI=1S/C23H18N4O5/c1-11-13-4-2-3-5-16(13)25-19(11)21(30)24-12-6-7-14-15(10-12)23(32)27(22(14)31)17-8-9-18(28)26-20(17)29/h2-7,10,17,25H,8-9H2,1H3,(H,24,30)(H,26,28,29). The molecule has 0 spiro atoms. The number of nitrogens with zero attached hydrogens (tertiary/aromatic N) is 1. The number of para-hydroxylation sites is 1. The number of nitrogens with one attached hydrogen (secondary N) is 3. The van der Waals surface area contributed by atoms with Gasteiger partial charge < -0.3 is 10.3 Å². The van der Waals surface area contributed by atoms with E-state index in [4.69, 9.17) is 0 Å². The van der Waals surface area contributed by atoms with Gasteiger partial charge in [-0.25, -0.2) is 0 Å². The quantitative estimate of drug-likeness (QED) is 0.549. The van der Waals surface area contributed by atoms with Gasteiger partial charge in [0.2, 0.25) is 11.8 Å². The van der Waals surface area contributed by atoms with Gasteiger partial charge in [-0.3, -0.25) is 34.2 Å². The van der Waals surface area contributed by atoms with E-state index in [2.05, 4.69) is 15.6 Å². The van der Waals surface area contributed by atoms with Crippen LogP contribution in [0.5, 0.6) is 0 Å². The molecule has 1 aromatic heterocycles. The highest BCUT2D eigenvalue weighted by atomic mass is 16.2. The van der Waals surface area contributed by atoms with Crippen LogP contribution in [0.15, 0.2) is 42.5 Å². The molecule has 9 heteroatoms. The maximum absolute atomic E-state index is 12.9. The molecule has 1 fully saturated rings. The SMILES string of the molecule is Cc1c(C(=O)Nc2ccc3c(c2)C(=O)N(C2CCC(=O)NC2=O)C3=O)[nH]c2ccccc12. The fraction of sp³-hybridized carbons (Fsp3) is 0.174. The van der Waals surface area contributed by atoms with Crippen molar-refractivity contribution in [3.05, 3.63) is 64.8 Å². The Hall–Kier alpha value is -4.27. The van der Waals surface area contributed by atoms with Crippen LogP contribution in [0.4, 0.5) is 5.69 Å². The number of aromatic amines is 1. The highest BCUT2D eigenvalue weighted by Crippen LogP contribution is 2.30. The van der Waals surface area contributed by atoms with Gasteiger partial charge in [-0.2, -0.15) is 0 Å². The number of aromatic nitrogens is 1. The van der Waals surface area contributed by atoms with Crippen LogP contribution in [0.1, 0.15) is 49.6 Å². The summed E-state index contributed by atoms with van der Waals surface area (Å²) < 4.78 is 0. The summed E-state index contributed by atoms with van der Waals surface area (Å²) in [5.74, 6) is -2.70. The van der Waals surface area contributed by atoms with Gasteiger partial charge in [0, 0.05) is 23.0 Å². The topological polar surface area (TPSA) is 128 Å². The van der Waals surface area contributed by atoms with Gasteiger partial charge in [0.15, 0.2) is 0 Å². The third kappa shape index (κ3) is 2.97. The third-order valence-corrected chi connectivity index (χ3v) is 5.89. The van der Waals surface area contributed by atoms with Crippen molar-refractivity contribution in [3.63, 3.8) is 0 Å². The van der Waals surface area contributed by atoms with E-state index < -0.39 is 29.7 Å². The molecule has 0 saturated carbocycles. The maximum atomic E-state index is 12.9. The van der Waals surface area contributed by atoms with Crippen LogP contribution in [-0.4, -0.2) is 45.5 Å². The Morgan fingerprint density at radius 1 is 1.03 bits per heavy atom. The van der Waals surface area contributed by atoms with E-state index in [9.17, 15) is 24.0 Å². The lowest BCUT2D eigenvalue weighted by Gasteiger charge is -2.27. The minimum absolute atomic E-state index is 0.0506. The molecule has 0 radical (unpaired) electrons. The van der Waals surface area contributed by atoms with Gasteiger partial charge >= 0.3 is 0 Å². The first kappa shape index (κ1) is 19.7. The van der Waals surface area contributed by atoms with E-state index in [1.807, 2.05) is 31.2 Å². The zero-order valence-corrected chi connectivity index (χ0v) is 17.0. The minimum Gasteiger partial charge on any atom is -0.350 e. The first-order valence-electron chi connectivity index (χ1n) is 10.1. The van der Waals surface area contributed by atoms with Gasteiger partial charge in [0.25, 0.3) is 17.7 Å². The van der Waals surface area contributed by atoms with Crippen molar-refractivity contribution < 1.29 is 24.0 Å². The van der Waals surface area contributed by atoms with Gasteiger partial charge in [-0.15, -0.1) is 0 Å². The molecule has 160 valence electrons. The van der Waals surface area contributed by atoms with Crippen molar-refractivity contribution in [1.82, 2.24) is 15.2 Å². The van der Waals surface area contributed by atoms with Crippen molar-refractivity contribution in [1.29, 1.82) is 0 Å². The molecule has 5 rings (SSSR count). The molecule has 3 heterocycles. The monoisotopic (exact) mass is 430 g/mol. The number of hydrogen-bond donors (Lipinski definition) is 3. The zero-order chi connectivity index (χ0) is 22.6. The first-order chi connectivity index (χ1) is 15.3. The highest BCUT2D eigenvalue weighted by molar-refractivity contribution is 6.24. The second-order valence-corrected chi connectivity index (χ2v) is 7.83. The lowest BCUT2D eigenvalue weighted by Crippen LogP contribution is -2.54. The smallest absolute Gasteiger partial charge is 0.272 e. The maximum Gasteiger partial charge on any atom is 0.272 e. The molecule has 2 aromatic carbocycles.